The molecule has 0 aromatic carbocycles. The Morgan fingerprint density at radius 2 is 2.11 bits per heavy atom. The highest BCUT2D eigenvalue weighted by atomic mass is 19.3. The maximum absolute atomic E-state index is 14.8. The molecule has 3 aromatic heterocycles. The molecule has 27 heavy (non-hydrogen) atoms. The Morgan fingerprint density at radius 3 is 2.89 bits per heavy atom. The minimum Gasteiger partial charge on any atom is -0.346 e. The molecule has 0 radical (unpaired) electrons. The maximum atomic E-state index is 14.8. The number of rotatable bonds is 5. The standard InChI is InChI=1S/C20H23F2N5/c1-14-2-3-15(11-24-14)5-8-27-9-6-16(20(21,22)12-27)10-18-17-4-7-23-19(17)26-13-25-18/h2-4,7,11,13,16H,5-6,8-10,12H2,1H3,(H,23,25,26). The third kappa shape index (κ3) is 3.98. The van der Waals surface area contributed by atoms with Crippen molar-refractivity contribution in [1.29, 1.82) is 0 Å². The van der Waals surface area contributed by atoms with Crippen molar-refractivity contribution in [3.05, 3.63) is 53.9 Å². The van der Waals surface area contributed by atoms with Gasteiger partial charge in [-0.05, 0) is 50.4 Å². The summed E-state index contributed by atoms with van der Waals surface area (Å²) in [5, 5.41) is 0.836. The van der Waals surface area contributed by atoms with Crippen LogP contribution in [0.1, 0.15) is 23.4 Å². The van der Waals surface area contributed by atoms with Crippen LogP contribution in [0.25, 0.3) is 11.0 Å². The summed E-state index contributed by atoms with van der Waals surface area (Å²) in [5.41, 5.74) is 3.45. The molecule has 1 unspecified atom stereocenters. The third-order valence-corrected chi connectivity index (χ3v) is 5.39. The molecule has 1 saturated heterocycles. The molecule has 142 valence electrons. The molecular formula is C20H23F2N5. The van der Waals surface area contributed by atoms with Gasteiger partial charge in [-0.3, -0.25) is 9.88 Å². The van der Waals surface area contributed by atoms with E-state index in [1.54, 1.807) is 6.20 Å². The van der Waals surface area contributed by atoms with E-state index < -0.39 is 11.8 Å². The molecule has 0 bridgehead atoms. The van der Waals surface area contributed by atoms with E-state index in [9.17, 15) is 8.78 Å². The maximum Gasteiger partial charge on any atom is 0.263 e. The number of alkyl halides is 2. The number of aromatic amines is 1. The predicted molar refractivity (Wildman–Crippen MR) is 99.8 cm³/mol. The first-order chi connectivity index (χ1) is 13.0. The summed E-state index contributed by atoms with van der Waals surface area (Å²) in [5.74, 6) is -3.42. The molecule has 0 saturated carbocycles. The van der Waals surface area contributed by atoms with Crippen molar-refractivity contribution in [2.75, 3.05) is 19.6 Å². The number of piperidine rings is 1. The molecule has 4 heterocycles. The van der Waals surface area contributed by atoms with Gasteiger partial charge in [0.25, 0.3) is 5.92 Å². The van der Waals surface area contributed by atoms with E-state index in [1.807, 2.05) is 36.2 Å². The van der Waals surface area contributed by atoms with Crippen molar-refractivity contribution >= 4 is 11.0 Å². The summed E-state index contributed by atoms with van der Waals surface area (Å²) in [6.45, 7) is 3.05. The first-order valence-electron chi connectivity index (χ1n) is 9.30. The van der Waals surface area contributed by atoms with Gasteiger partial charge in [-0.15, -0.1) is 0 Å². The first-order valence-corrected chi connectivity index (χ1v) is 9.30. The predicted octanol–water partition coefficient (Wildman–Crippen LogP) is 3.40. The SMILES string of the molecule is Cc1ccc(CCN2CCC(Cc3ncnc4[nH]ccc34)C(F)(F)C2)cn1. The minimum absolute atomic E-state index is 0.196. The van der Waals surface area contributed by atoms with Crippen LogP contribution in [-0.2, 0) is 12.8 Å². The van der Waals surface area contributed by atoms with Crippen molar-refractivity contribution in [1.82, 2.24) is 24.8 Å². The number of nitrogens with zero attached hydrogens (tertiary/aromatic N) is 4. The topological polar surface area (TPSA) is 57.7 Å². The Kier molecular flexibility index (Phi) is 4.86. The van der Waals surface area contributed by atoms with E-state index in [0.717, 1.165) is 23.1 Å². The fourth-order valence-corrected chi connectivity index (χ4v) is 3.75. The van der Waals surface area contributed by atoms with Crippen LogP contribution in [0.2, 0.25) is 0 Å². The second-order valence-corrected chi connectivity index (χ2v) is 7.35. The van der Waals surface area contributed by atoms with E-state index in [0.29, 0.717) is 30.9 Å². The van der Waals surface area contributed by atoms with E-state index in [4.69, 9.17) is 0 Å². The largest absolute Gasteiger partial charge is 0.346 e. The van der Waals surface area contributed by atoms with Gasteiger partial charge < -0.3 is 4.98 Å². The van der Waals surface area contributed by atoms with E-state index in [1.165, 1.54) is 6.33 Å². The molecule has 1 fully saturated rings. The van der Waals surface area contributed by atoms with E-state index in [-0.39, 0.29) is 13.0 Å². The number of hydrogen-bond acceptors (Lipinski definition) is 4. The van der Waals surface area contributed by atoms with Gasteiger partial charge in [0.15, 0.2) is 0 Å². The second kappa shape index (κ2) is 7.31. The zero-order valence-electron chi connectivity index (χ0n) is 15.3. The number of fused-ring (bicyclic) bond motifs is 1. The lowest BCUT2D eigenvalue weighted by molar-refractivity contribution is -0.110. The number of aryl methyl sites for hydroxylation is 1. The fourth-order valence-electron chi connectivity index (χ4n) is 3.75. The van der Waals surface area contributed by atoms with Crippen LogP contribution < -0.4 is 0 Å². The number of nitrogens with one attached hydrogen (secondary N) is 1. The number of likely N-dealkylation sites (tertiary alicyclic amines) is 1. The van der Waals surface area contributed by atoms with Crippen LogP contribution >= 0.6 is 0 Å². The van der Waals surface area contributed by atoms with Gasteiger partial charge >= 0.3 is 0 Å². The molecule has 5 nitrogen and oxygen atoms in total. The molecule has 1 N–H and O–H groups in total. The molecule has 1 atom stereocenters. The van der Waals surface area contributed by atoms with Gasteiger partial charge in [0, 0.05) is 35.9 Å². The van der Waals surface area contributed by atoms with Crippen molar-refractivity contribution in [2.24, 2.45) is 5.92 Å². The van der Waals surface area contributed by atoms with Crippen molar-refractivity contribution < 1.29 is 8.78 Å². The quantitative estimate of drug-likeness (QED) is 0.747. The molecule has 0 amide bonds. The number of pyridine rings is 1. The Balaban J connectivity index is 1.38. The van der Waals surface area contributed by atoms with Crippen LogP contribution in [-0.4, -0.2) is 50.4 Å². The molecule has 3 aromatic rings. The zero-order valence-corrected chi connectivity index (χ0v) is 15.3. The number of aromatic nitrogens is 4. The Hall–Kier alpha value is -2.41. The van der Waals surface area contributed by atoms with Gasteiger partial charge in [-0.2, -0.15) is 0 Å². The highest BCUT2D eigenvalue weighted by molar-refractivity contribution is 5.77. The van der Waals surface area contributed by atoms with Gasteiger partial charge in [0.1, 0.15) is 12.0 Å². The normalized spacial score (nSPS) is 20.2. The third-order valence-electron chi connectivity index (χ3n) is 5.39. The zero-order chi connectivity index (χ0) is 18.9. The molecule has 1 aliphatic heterocycles. The van der Waals surface area contributed by atoms with E-state index >= 15 is 0 Å². The fraction of sp³-hybridized carbons (Fsp3) is 0.450. The lowest BCUT2D eigenvalue weighted by Gasteiger charge is -2.38. The van der Waals surface area contributed by atoms with Crippen molar-refractivity contribution in [2.45, 2.75) is 32.1 Å². The molecular weight excluding hydrogens is 348 g/mol. The highest BCUT2D eigenvalue weighted by Gasteiger charge is 2.44. The summed E-state index contributed by atoms with van der Waals surface area (Å²) in [4.78, 5) is 17.5. The van der Waals surface area contributed by atoms with Gasteiger partial charge in [0.05, 0.1) is 12.2 Å². The van der Waals surface area contributed by atoms with Crippen LogP contribution in [0.4, 0.5) is 8.78 Å². The van der Waals surface area contributed by atoms with E-state index in [2.05, 4.69) is 19.9 Å². The number of hydrogen-bond donors (Lipinski definition) is 1. The number of halogens is 2. The molecule has 0 aliphatic carbocycles. The summed E-state index contributed by atoms with van der Waals surface area (Å²) >= 11 is 0. The van der Waals surface area contributed by atoms with Crippen LogP contribution in [0.5, 0.6) is 0 Å². The average molecular weight is 371 g/mol. The average Bonchev–Trinajstić information content (AvgIpc) is 3.13. The Bertz CT molecular complexity index is 906. The van der Waals surface area contributed by atoms with Crippen molar-refractivity contribution in [3.63, 3.8) is 0 Å². The van der Waals surface area contributed by atoms with Crippen LogP contribution in [0.3, 0.4) is 0 Å². The summed E-state index contributed by atoms with van der Waals surface area (Å²) in [7, 11) is 0. The minimum atomic E-state index is -2.72. The van der Waals surface area contributed by atoms with Gasteiger partial charge in [0.2, 0.25) is 0 Å². The lowest BCUT2D eigenvalue weighted by atomic mass is 9.88. The monoisotopic (exact) mass is 371 g/mol. The Labute approximate surface area is 156 Å². The number of H-pyrrole nitrogens is 1. The van der Waals surface area contributed by atoms with Gasteiger partial charge in [-0.1, -0.05) is 6.07 Å². The van der Waals surface area contributed by atoms with Crippen LogP contribution in [0, 0.1) is 12.8 Å². The van der Waals surface area contributed by atoms with Crippen molar-refractivity contribution in [3.8, 4) is 0 Å². The summed E-state index contributed by atoms with van der Waals surface area (Å²) < 4.78 is 29.6. The highest BCUT2D eigenvalue weighted by Crippen LogP contribution is 2.35. The second-order valence-electron chi connectivity index (χ2n) is 7.35. The first kappa shape index (κ1) is 18.0. The molecule has 0 spiro atoms. The lowest BCUT2D eigenvalue weighted by Crippen LogP contribution is -2.49. The molecule has 7 heteroatoms. The van der Waals surface area contributed by atoms with Crippen LogP contribution in [0.15, 0.2) is 36.9 Å². The van der Waals surface area contributed by atoms with Gasteiger partial charge in [-0.25, -0.2) is 18.7 Å². The summed E-state index contributed by atoms with van der Waals surface area (Å²) in [6.07, 6.45) is 6.52. The summed E-state index contributed by atoms with van der Waals surface area (Å²) in [6, 6.07) is 5.83. The Morgan fingerprint density at radius 1 is 1.22 bits per heavy atom. The molecule has 4 rings (SSSR count). The smallest absolute Gasteiger partial charge is 0.263 e. The molecule has 1 aliphatic rings.